The average Bonchev–Trinajstić information content (AvgIpc) is 2.48. The molecule has 1 rings (SSSR count). The SMILES string of the molecule is CC(N)c1cccn1CCCO. The van der Waals surface area contributed by atoms with Gasteiger partial charge in [-0.15, -0.1) is 0 Å². The number of nitrogens with two attached hydrogens (primary N) is 1. The quantitative estimate of drug-likeness (QED) is 0.701. The third-order valence-corrected chi connectivity index (χ3v) is 1.89. The van der Waals surface area contributed by atoms with Crippen molar-refractivity contribution in [2.75, 3.05) is 6.61 Å². The van der Waals surface area contributed by atoms with Crippen LogP contribution in [0.25, 0.3) is 0 Å². The highest BCUT2D eigenvalue weighted by molar-refractivity contribution is 5.10. The number of hydrogen-bond donors (Lipinski definition) is 2. The molecule has 1 aromatic heterocycles. The predicted octanol–water partition coefficient (Wildman–Crippen LogP) is 0.890. The van der Waals surface area contributed by atoms with Crippen molar-refractivity contribution in [2.45, 2.75) is 25.9 Å². The van der Waals surface area contributed by atoms with Crippen molar-refractivity contribution >= 4 is 0 Å². The molecule has 0 aromatic carbocycles. The molecule has 1 aromatic rings. The van der Waals surface area contributed by atoms with Gasteiger partial charge in [-0.2, -0.15) is 0 Å². The highest BCUT2D eigenvalue weighted by Crippen LogP contribution is 2.10. The molecule has 0 saturated carbocycles. The van der Waals surface area contributed by atoms with Crippen LogP contribution >= 0.6 is 0 Å². The first-order chi connectivity index (χ1) is 5.75. The molecule has 0 saturated heterocycles. The molecular weight excluding hydrogens is 152 g/mol. The largest absolute Gasteiger partial charge is 0.396 e. The maximum atomic E-state index is 8.65. The van der Waals surface area contributed by atoms with Crippen LogP contribution in [0.1, 0.15) is 25.1 Å². The Labute approximate surface area is 72.8 Å². The highest BCUT2D eigenvalue weighted by Gasteiger charge is 2.03. The lowest BCUT2D eigenvalue weighted by Gasteiger charge is -2.10. The summed E-state index contributed by atoms with van der Waals surface area (Å²) in [5.74, 6) is 0. The number of aliphatic hydroxyl groups is 1. The lowest BCUT2D eigenvalue weighted by atomic mass is 10.2. The molecule has 12 heavy (non-hydrogen) atoms. The minimum absolute atomic E-state index is 0.0682. The van der Waals surface area contributed by atoms with Gasteiger partial charge in [0.2, 0.25) is 0 Å². The molecule has 0 aliphatic carbocycles. The zero-order valence-electron chi connectivity index (χ0n) is 7.40. The van der Waals surface area contributed by atoms with Gasteiger partial charge in [0, 0.05) is 31.1 Å². The minimum Gasteiger partial charge on any atom is -0.396 e. The fourth-order valence-electron chi connectivity index (χ4n) is 1.29. The van der Waals surface area contributed by atoms with E-state index in [1.165, 1.54) is 0 Å². The van der Waals surface area contributed by atoms with E-state index in [1.807, 2.05) is 25.3 Å². The normalized spacial score (nSPS) is 13.2. The first-order valence-corrected chi connectivity index (χ1v) is 4.27. The molecule has 0 spiro atoms. The zero-order chi connectivity index (χ0) is 8.97. The van der Waals surface area contributed by atoms with Crippen molar-refractivity contribution in [3.63, 3.8) is 0 Å². The first-order valence-electron chi connectivity index (χ1n) is 4.27. The second-order valence-electron chi connectivity index (χ2n) is 2.99. The van der Waals surface area contributed by atoms with E-state index in [0.717, 1.165) is 18.7 Å². The molecule has 0 radical (unpaired) electrons. The second-order valence-corrected chi connectivity index (χ2v) is 2.99. The van der Waals surface area contributed by atoms with E-state index in [2.05, 4.69) is 4.57 Å². The zero-order valence-corrected chi connectivity index (χ0v) is 7.40. The van der Waals surface area contributed by atoms with Gasteiger partial charge >= 0.3 is 0 Å². The number of aliphatic hydroxyl groups excluding tert-OH is 1. The molecule has 3 N–H and O–H groups in total. The van der Waals surface area contributed by atoms with Crippen LogP contribution in [0.15, 0.2) is 18.3 Å². The summed E-state index contributed by atoms with van der Waals surface area (Å²) < 4.78 is 2.08. The van der Waals surface area contributed by atoms with E-state index in [-0.39, 0.29) is 12.6 Å². The maximum absolute atomic E-state index is 8.65. The Morgan fingerprint density at radius 2 is 2.42 bits per heavy atom. The summed E-state index contributed by atoms with van der Waals surface area (Å²) in [7, 11) is 0. The van der Waals surface area contributed by atoms with Gasteiger partial charge in [-0.25, -0.2) is 0 Å². The van der Waals surface area contributed by atoms with Crippen LogP contribution in [0.4, 0.5) is 0 Å². The number of rotatable bonds is 4. The van der Waals surface area contributed by atoms with Crippen LogP contribution in [0, 0.1) is 0 Å². The predicted molar refractivity (Wildman–Crippen MR) is 48.7 cm³/mol. The summed E-state index contributed by atoms with van der Waals surface area (Å²) in [6.07, 6.45) is 2.78. The van der Waals surface area contributed by atoms with Crippen molar-refractivity contribution in [3.05, 3.63) is 24.0 Å². The fraction of sp³-hybridized carbons (Fsp3) is 0.556. The van der Waals surface area contributed by atoms with Crippen molar-refractivity contribution < 1.29 is 5.11 Å². The van der Waals surface area contributed by atoms with E-state index in [9.17, 15) is 0 Å². The van der Waals surface area contributed by atoms with E-state index in [0.29, 0.717) is 0 Å². The van der Waals surface area contributed by atoms with Gasteiger partial charge in [-0.3, -0.25) is 0 Å². The Bertz CT molecular complexity index is 230. The van der Waals surface area contributed by atoms with E-state index in [4.69, 9.17) is 10.8 Å². The van der Waals surface area contributed by atoms with Gasteiger partial charge in [0.05, 0.1) is 0 Å². The fourth-order valence-corrected chi connectivity index (χ4v) is 1.29. The Hall–Kier alpha value is -0.800. The van der Waals surface area contributed by atoms with Crippen LogP contribution in [0.5, 0.6) is 0 Å². The standard InChI is InChI=1S/C9H16N2O/c1-8(10)9-4-2-5-11(9)6-3-7-12/h2,4-5,8,12H,3,6-7,10H2,1H3. The molecule has 3 nitrogen and oxygen atoms in total. The molecule has 3 heteroatoms. The van der Waals surface area contributed by atoms with Crippen molar-refractivity contribution in [3.8, 4) is 0 Å². The lowest BCUT2D eigenvalue weighted by molar-refractivity contribution is 0.279. The van der Waals surface area contributed by atoms with Crippen molar-refractivity contribution in [1.29, 1.82) is 0 Å². The molecule has 0 aliphatic heterocycles. The minimum atomic E-state index is 0.0682. The van der Waals surface area contributed by atoms with Crippen LogP contribution in [0.3, 0.4) is 0 Å². The Kier molecular flexibility index (Phi) is 3.31. The highest BCUT2D eigenvalue weighted by atomic mass is 16.3. The van der Waals surface area contributed by atoms with Gasteiger partial charge in [-0.1, -0.05) is 0 Å². The van der Waals surface area contributed by atoms with Gasteiger partial charge < -0.3 is 15.4 Å². The Morgan fingerprint density at radius 1 is 1.67 bits per heavy atom. The summed E-state index contributed by atoms with van der Waals surface area (Å²) in [5, 5.41) is 8.65. The van der Waals surface area contributed by atoms with Crippen LogP contribution < -0.4 is 5.73 Å². The summed E-state index contributed by atoms with van der Waals surface area (Å²) >= 11 is 0. The molecule has 0 aliphatic rings. The van der Waals surface area contributed by atoms with E-state index < -0.39 is 0 Å². The van der Waals surface area contributed by atoms with Gasteiger partial charge in [0.1, 0.15) is 0 Å². The number of hydrogen-bond acceptors (Lipinski definition) is 2. The summed E-state index contributed by atoms with van der Waals surface area (Å²) in [4.78, 5) is 0. The second kappa shape index (κ2) is 4.28. The summed E-state index contributed by atoms with van der Waals surface area (Å²) in [5.41, 5.74) is 6.88. The molecule has 0 amide bonds. The molecule has 0 bridgehead atoms. The molecular formula is C9H16N2O. The molecule has 1 unspecified atom stereocenters. The van der Waals surface area contributed by atoms with Crippen LogP contribution in [0.2, 0.25) is 0 Å². The van der Waals surface area contributed by atoms with Crippen molar-refractivity contribution in [2.24, 2.45) is 5.73 Å². The molecule has 0 fully saturated rings. The number of aromatic nitrogens is 1. The number of aryl methyl sites for hydroxylation is 1. The molecule has 1 heterocycles. The third kappa shape index (κ3) is 2.09. The average molecular weight is 168 g/mol. The van der Waals surface area contributed by atoms with Crippen molar-refractivity contribution in [1.82, 2.24) is 4.57 Å². The third-order valence-electron chi connectivity index (χ3n) is 1.89. The summed E-state index contributed by atoms with van der Waals surface area (Å²) in [6.45, 7) is 3.04. The van der Waals surface area contributed by atoms with E-state index >= 15 is 0 Å². The maximum Gasteiger partial charge on any atom is 0.0448 e. The Morgan fingerprint density at radius 3 is 3.00 bits per heavy atom. The van der Waals surface area contributed by atoms with Gasteiger partial charge in [-0.05, 0) is 25.5 Å². The smallest absolute Gasteiger partial charge is 0.0448 e. The first kappa shape index (κ1) is 9.29. The van der Waals surface area contributed by atoms with E-state index in [1.54, 1.807) is 0 Å². The Balaban J connectivity index is 2.64. The lowest BCUT2D eigenvalue weighted by Crippen LogP contribution is -2.12. The molecule has 68 valence electrons. The monoisotopic (exact) mass is 168 g/mol. The molecule has 1 atom stereocenters. The number of nitrogens with zero attached hydrogens (tertiary/aromatic N) is 1. The topological polar surface area (TPSA) is 51.2 Å². The van der Waals surface area contributed by atoms with Gasteiger partial charge in [0.15, 0.2) is 0 Å². The summed E-state index contributed by atoms with van der Waals surface area (Å²) in [6, 6.07) is 4.07. The van der Waals surface area contributed by atoms with Gasteiger partial charge in [0.25, 0.3) is 0 Å². The van der Waals surface area contributed by atoms with Crippen LogP contribution in [-0.4, -0.2) is 16.3 Å². The van der Waals surface area contributed by atoms with Crippen LogP contribution in [-0.2, 0) is 6.54 Å².